The van der Waals surface area contributed by atoms with E-state index in [4.69, 9.17) is 0 Å². The molecule has 0 radical (unpaired) electrons. The lowest BCUT2D eigenvalue weighted by molar-refractivity contribution is 0.606. The molecule has 0 fully saturated rings. The van der Waals surface area contributed by atoms with Crippen molar-refractivity contribution in [2.24, 2.45) is 0 Å². The molecular weight excluding hydrogens is 284 g/mol. The predicted molar refractivity (Wildman–Crippen MR) is 82.9 cm³/mol. The lowest BCUT2D eigenvalue weighted by atomic mass is 10.3. The van der Waals surface area contributed by atoms with Gasteiger partial charge in [0.1, 0.15) is 11.3 Å². The second kappa shape index (κ2) is 4.53. The third-order valence-corrected chi connectivity index (χ3v) is 4.36. The number of aromatic nitrogens is 4. The first-order valence-electron chi connectivity index (χ1n) is 6.60. The maximum atomic E-state index is 12.6. The number of hydrogen-bond donors (Lipinski definition) is 0. The summed E-state index contributed by atoms with van der Waals surface area (Å²) in [5.74, 6) is 0.800. The van der Waals surface area contributed by atoms with E-state index in [1.807, 2.05) is 47.0 Å². The molecule has 4 heterocycles. The molecule has 0 amide bonds. The minimum Gasteiger partial charge on any atom is -0.291 e. The summed E-state index contributed by atoms with van der Waals surface area (Å²) in [4.78, 5) is 16.9. The van der Waals surface area contributed by atoms with Gasteiger partial charge in [-0.05, 0) is 36.6 Å². The molecule has 0 aliphatic heterocycles. The first-order valence-corrected chi connectivity index (χ1v) is 7.48. The summed E-state index contributed by atoms with van der Waals surface area (Å²) < 4.78 is 4.51. The fourth-order valence-corrected chi connectivity index (χ4v) is 3.38. The zero-order valence-corrected chi connectivity index (χ0v) is 12.2. The number of pyridine rings is 1. The van der Waals surface area contributed by atoms with Crippen LogP contribution in [0, 0.1) is 6.92 Å². The van der Waals surface area contributed by atoms with Gasteiger partial charge in [-0.1, -0.05) is 6.07 Å². The van der Waals surface area contributed by atoms with Crippen LogP contribution in [-0.2, 0) is 6.54 Å². The van der Waals surface area contributed by atoms with Crippen LogP contribution in [0.5, 0.6) is 0 Å². The van der Waals surface area contributed by atoms with Gasteiger partial charge in [-0.25, -0.2) is 4.68 Å². The van der Waals surface area contributed by atoms with Crippen LogP contribution in [-0.4, -0.2) is 19.2 Å². The Hall–Kier alpha value is -2.47. The summed E-state index contributed by atoms with van der Waals surface area (Å²) in [5.41, 5.74) is 2.45. The van der Waals surface area contributed by atoms with Crippen LogP contribution < -0.4 is 5.56 Å². The predicted octanol–water partition coefficient (Wildman–Crippen LogP) is 2.46. The van der Waals surface area contributed by atoms with E-state index in [0.717, 1.165) is 21.7 Å². The van der Waals surface area contributed by atoms with E-state index >= 15 is 0 Å². The molecule has 0 saturated heterocycles. The van der Waals surface area contributed by atoms with Gasteiger partial charge in [0.15, 0.2) is 0 Å². The molecule has 104 valence electrons. The maximum absolute atomic E-state index is 12.6. The molecule has 0 aliphatic rings. The van der Waals surface area contributed by atoms with Crippen molar-refractivity contribution >= 4 is 27.1 Å². The van der Waals surface area contributed by atoms with Crippen molar-refractivity contribution in [1.29, 1.82) is 0 Å². The highest BCUT2D eigenvalue weighted by molar-refractivity contribution is 7.17. The summed E-state index contributed by atoms with van der Waals surface area (Å²) in [6.07, 6.45) is 1.72. The Kier molecular flexibility index (Phi) is 2.65. The van der Waals surface area contributed by atoms with Gasteiger partial charge in [0.25, 0.3) is 5.56 Å². The number of hydrogen-bond acceptors (Lipinski definition) is 4. The van der Waals surface area contributed by atoms with E-state index in [9.17, 15) is 4.79 Å². The van der Waals surface area contributed by atoms with Gasteiger partial charge in [-0.15, -0.1) is 11.3 Å². The standard InChI is InChI=1S/C15H12N4OS/c1-10-17-18(9-11-4-2-3-6-16-11)15(20)13-8-14-12(19(10)13)5-7-21-14/h2-8H,9H2,1H3. The van der Waals surface area contributed by atoms with E-state index in [1.54, 1.807) is 17.5 Å². The van der Waals surface area contributed by atoms with Crippen LogP contribution in [0.2, 0.25) is 0 Å². The average molecular weight is 296 g/mol. The van der Waals surface area contributed by atoms with Crippen molar-refractivity contribution in [3.05, 3.63) is 63.8 Å². The van der Waals surface area contributed by atoms with Crippen molar-refractivity contribution in [3.8, 4) is 0 Å². The Morgan fingerprint density at radius 2 is 2.14 bits per heavy atom. The Morgan fingerprint density at radius 1 is 1.24 bits per heavy atom. The first-order chi connectivity index (χ1) is 10.2. The zero-order chi connectivity index (χ0) is 14.4. The lowest BCUT2D eigenvalue weighted by Gasteiger charge is -2.07. The minimum absolute atomic E-state index is 0.0883. The second-order valence-electron chi connectivity index (χ2n) is 4.87. The Bertz CT molecular complexity index is 997. The quantitative estimate of drug-likeness (QED) is 0.571. The average Bonchev–Trinajstić information content (AvgIpc) is 3.06. The van der Waals surface area contributed by atoms with Crippen molar-refractivity contribution < 1.29 is 0 Å². The molecule has 4 aromatic heterocycles. The summed E-state index contributed by atoms with van der Waals surface area (Å²) in [7, 11) is 0. The molecule has 21 heavy (non-hydrogen) atoms. The van der Waals surface area contributed by atoms with Gasteiger partial charge in [0.05, 0.1) is 22.5 Å². The highest BCUT2D eigenvalue weighted by Crippen LogP contribution is 2.24. The van der Waals surface area contributed by atoms with E-state index in [-0.39, 0.29) is 5.56 Å². The fourth-order valence-electron chi connectivity index (χ4n) is 2.58. The van der Waals surface area contributed by atoms with Crippen molar-refractivity contribution in [3.63, 3.8) is 0 Å². The molecule has 0 N–H and O–H groups in total. The summed E-state index contributed by atoms with van der Waals surface area (Å²) in [6.45, 7) is 2.30. The molecular formula is C15H12N4OS. The molecule has 0 atom stereocenters. The summed E-state index contributed by atoms with van der Waals surface area (Å²) >= 11 is 1.63. The number of aryl methyl sites for hydroxylation is 1. The van der Waals surface area contributed by atoms with Gasteiger partial charge in [-0.2, -0.15) is 5.10 Å². The van der Waals surface area contributed by atoms with Gasteiger partial charge in [0, 0.05) is 6.20 Å². The molecule has 0 unspecified atom stereocenters. The lowest BCUT2D eigenvalue weighted by Crippen LogP contribution is -2.27. The van der Waals surface area contributed by atoms with E-state index in [1.165, 1.54) is 4.68 Å². The first kappa shape index (κ1) is 12.3. The van der Waals surface area contributed by atoms with E-state index in [0.29, 0.717) is 12.1 Å². The van der Waals surface area contributed by atoms with Crippen molar-refractivity contribution in [2.45, 2.75) is 13.5 Å². The highest BCUT2D eigenvalue weighted by atomic mass is 32.1. The molecule has 0 aliphatic carbocycles. The fraction of sp³-hybridized carbons (Fsp3) is 0.133. The third-order valence-electron chi connectivity index (χ3n) is 3.50. The van der Waals surface area contributed by atoms with E-state index < -0.39 is 0 Å². The van der Waals surface area contributed by atoms with Crippen LogP contribution in [0.15, 0.2) is 46.7 Å². The molecule has 5 nitrogen and oxygen atoms in total. The smallest absolute Gasteiger partial charge is 0.291 e. The Balaban J connectivity index is 1.95. The van der Waals surface area contributed by atoms with Crippen molar-refractivity contribution in [1.82, 2.24) is 19.2 Å². The van der Waals surface area contributed by atoms with E-state index in [2.05, 4.69) is 10.1 Å². The van der Waals surface area contributed by atoms with Crippen LogP contribution in [0.1, 0.15) is 11.5 Å². The normalized spacial score (nSPS) is 11.5. The topological polar surface area (TPSA) is 52.2 Å². The Morgan fingerprint density at radius 3 is 2.95 bits per heavy atom. The molecule has 0 saturated carbocycles. The van der Waals surface area contributed by atoms with Gasteiger partial charge in [0.2, 0.25) is 0 Å². The molecule has 0 aromatic carbocycles. The molecule has 0 bridgehead atoms. The summed E-state index contributed by atoms with van der Waals surface area (Å²) in [6, 6.07) is 9.61. The third kappa shape index (κ3) is 1.87. The number of thiophene rings is 1. The van der Waals surface area contributed by atoms with Crippen LogP contribution >= 0.6 is 11.3 Å². The SMILES string of the molecule is Cc1nn(Cc2ccccn2)c(=O)c2cc3sccc3n12. The van der Waals surface area contributed by atoms with Crippen LogP contribution in [0.4, 0.5) is 0 Å². The van der Waals surface area contributed by atoms with Crippen molar-refractivity contribution in [2.75, 3.05) is 0 Å². The number of rotatable bonds is 2. The molecule has 4 aromatic rings. The van der Waals surface area contributed by atoms with Gasteiger partial charge in [-0.3, -0.25) is 14.2 Å². The molecule has 0 spiro atoms. The minimum atomic E-state index is -0.0883. The van der Waals surface area contributed by atoms with Crippen LogP contribution in [0.25, 0.3) is 15.7 Å². The second-order valence-corrected chi connectivity index (χ2v) is 5.81. The number of fused-ring (bicyclic) bond motifs is 3. The summed E-state index contributed by atoms with van der Waals surface area (Å²) in [5, 5.41) is 6.45. The maximum Gasteiger partial charge on any atom is 0.291 e. The van der Waals surface area contributed by atoms with Crippen LogP contribution in [0.3, 0.4) is 0 Å². The monoisotopic (exact) mass is 296 g/mol. The largest absolute Gasteiger partial charge is 0.291 e. The molecule has 4 rings (SSSR count). The zero-order valence-electron chi connectivity index (χ0n) is 11.4. The Labute approximate surface area is 124 Å². The van der Waals surface area contributed by atoms with Gasteiger partial charge < -0.3 is 0 Å². The van der Waals surface area contributed by atoms with Gasteiger partial charge >= 0.3 is 0 Å². The molecule has 6 heteroatoms. The number of nitrogens with zero attached hydrogens (tertiary/aromatic N) is 4. The highest BCUT2D eigenvalue weighted by Gasteiger charge is 2.13.